The second kappa shape index (κ2) is 9.44. The normalized spacial score (nSPS) is 15.5. The molecule has 30 heavy (non-hydrogen) atoms. The number of nitrogens with one attached hydrogen (secondary N) is 3. The maximum Gasteiger partial charge on any atom is 0.264 e. The van der Waals surface area contributed by atoms with E-state index in [1.807, 2.05) is 18.7 Å². The molecule has 0 unspecified atom stereocenters. The summed E-state index contributed by atoms with van der Waals surface area (Å²) in [5, 5.41) is 6.13. The summed E-state index contributed by atoms with van der Waals surface area (Å²) in [6.07, 6.45) is 0.775. The standard InChI is InChI=1S/C21H27FN4O3S/c1-3-15(2)24-21(27)16-8-9-19(26-12-10-23-11-13-26)18(14-16)25-30(28,29)20-7-5-4-6-17(20)22/h4-9,14-15,23,25H,3,10-13H2,1-2H3,(H,24,27)/t15-/m1/s1. The molecule has 0 saturated carbocycles. The van der Waals surface area contributed by atoms with E-state index in [-0.39, 0.29) is 17.6 Å². The second-order valence-electron chi connectivity index (χ2n) is 7.29. The number of benzene rings is 2. The van der Waals surface area contributed by atoms with E-state index in [1.54, 1.807) is 12.1 Å². The van der Waals surface area contributed by atoms with Gasteiger partial charge in [-0.25, -0.2) is 12.8 Å². The van der Waals surface area contributed by atoms with E-state index >= 15 is 0 Å². The van der Waals surface area contributed by atoms with Gasteiger partial charge in [0, 0.05) is 37.8 Å². The van der Waals surface area contributed by atoms with Gasteiger partial charge in [-0.2, -0.15) is 0 Å². The number of carbonyl (C=O) groups excluding carboxylic acids is 1. The van der Waals surface area contributed by atoms with E-state index in [2.05, 4.69) is 15.4 Å². The third-order valence-electron chi connectivity index (χ3n) is 5.08. The van der Waals surface area contributed by atoms with Gasteiger partial charge in [-0.1, -0.05) is 19.1 Å². The Morgan fingerprint density at radius 1 is 1.20 bits per heavy atom. The predicted octanol–water partition coefficient (Wildman–Crippen LogP) is 2.56. The Balaban J connectivity index is 1.99. The van der Waals surface area contributed by atoms with Crippen LogP contribution in [0.3, 0.4) is 0 Å². The first-order valence-corrected chi connectivity index (χ1v) is 11.5. The highest BCUT2D eigenvalue weighted by Gasteiger charge is 2.23. The van der Waals surface area contributed by atoms with Crippen molar-refractivity contribution in [3.8, 4) is 0 Å². The van der Waals surface area contributed by atoms with Gasteiger partial charge in [0.25, 0.3) is 15.9 Å². The molecule has 2 aromatic carbocycles. The minimum Gasteiger partial charge on any atom is -0.367 e. The van der Waals surface area contributed by atoms with Crippen LogP contribution in [0.1, 0.15) is 30.6 Å². The van der Waals surface area contributed by atoms with Crippen LogP contribution in [0.2, 0.25) is 0 Å². The molecule has 0 spiro atoms. The van der Waals surface area contributed by atoms with Gasteiger partial charge in [-0.3, -0.25) is 9.52 Å². The van der Waals surface area contributed by atoms with Crippen LogP contribution in [0.5, 0.6) is 0 Å². The molecule has 1 atom stereocenters. The minimum absolute atomic E-state index is 0.0103. The number of sulfonamides is 1. The molecular weight excluding hydrogens is 407 g/mol. The van der Waals surface area contributed by atoms with Crippen LogP contribution in [0.4, 0.5) is 15.8 Å². The Bertz CT molecular complexity index is 1010. The van der Waals surface area contributed by atoms with Crippen molar-refractivity contribution in [2.45, 2.75) is 31.2 Å². The van der Waals surface area contributed by atoms with E-state index in [9.17, 15) is 17.6 Å². The molecule has 0 radical (unpaired) electrons. The van der Waals surface area contributed by atoms with Crippen LogP contribution in [-0.4, -0.2) is 46.5 Å². The molecule has 1 saturated heterocycles. The van der Waals surface area contributed by atoms with Crippen molar-refractivity contribution in [2.75, 3.05) is 35.8 Å². The van der Waals surface area contributed by atoms with Gasteiger partial charge in [0.05, 0.1) is 11.4 Å². The molecule has 0 aliphatic carbocycles. The quantitative estimate of drug-likeness (QED) is 0.623. The highest BCUT2D eigenvalue weighted by molar-refractivity contribution is 7.92. The fourth-order valence-electron chi connectivity index (χ4n) is 3.21. The third kappa shape index (κ3) is 5.09. The first-order chi connectivity index (χ1) is 14.3. The van der Waals surface area contributed by atoms with Crippen molar-refractivity contribution in [1.82, 2.24) is 10.6 Å². The number of halogens is 1. The zero-order chi connectivity index (χ0) is 21.7. The van der Waals surface area contributed by atoms with Crippen molar-refractivity contribution in [1.29, 1.82) is 0 Å². The summed E-state index contributed by atoms with van der Waals surface area (Å²) in [5.41, 5.74) is 1.23. The van der Waals surface area contributed by atoms with Crippen LogP contribution in [0, 0.1) is 5.82 Å². The zero-order valence-corrected chi connectivity index (χ0v) is 17.9. The molecule has 2 aromatic rings. The molecular formula is C21H27FN4O3S. The van der Waals surface area contributed by atoms with Crippen molar-refractivity contribution in [3.05, 3.63) is 53.8 Å². The second-order valence-corrected chi connectivity index (χ2v) is 8.94. The Morgan fingerprint density at radius 2 is 1.90 bits per heavy atom. The number of piperazine rings is 1. The molecule has 9 heteroatoms. The summed E-state index contributed by atoms with van der Waals surface area (Å²) in [4.78, 5) is 14.2. The Kier molecular flexibility index (Phi) is 6.94. The van der Waals surface area contributed by atoms with Gasteiger partial charge < -0.3 is 15.5 Å². The fourth-order valence-corrected chi connectivity index (χ4v) is 4.36. The summed E-state index contributed by atoms with van der Waals surface area (Å²) in [5.74, 6) is -1.12. The van der Waals surface area contributed by atoms with Gasteiger partial charge in [0.2, 0.25) is 0 Å². The molecule has 3 rings (SSSR count). The lowest BCUT2D eigenvalue weighted by Gasteiger charge is -2.31. The molecule has 1 heterocycles. The SMILES string of the molecule is CC[C@@H](C)NC(=O)c1ccc(N2CCNCC2)c(NS(=O)(=O)c2ccccc2F)c1. The average Bonchev–Trinajstić information content (AvgIpc) is 2.74. The van der Waals surface area contributed by atoms with Crippen molar-refractivity contribution < 1.29 is 17.6 Å². The summed E-state index contributed by atoms with van der Waals surface area (Å²) in [6, 6.07) is 10.1. The van der Waals surface area contributed by atoms with E-state index < -0.39 is 20.7 Å². The lowest BCUT2D eigenvalue weighted by molar-refractivity contribution is 0.0939. The lowest BCUT2D eigenvalue weighted by atomic mass is 10.1. The number of amides is 1. The number of hydrogen-bond donors (Lipinski definition) is 3. The highest BCUT2D eigenvalue weighted by atomic mass is 32.2. The Hall–Kier alpha value is -2.65. The smallest absolute Gasteiger partial charge is 0.264 e. The van der Waals surface area contributed by atoms with E-state index in [4.69, 9.17) is 0 Å². The molecule has 3 N–H and O–H groups in total. The third-order valence-corrected chi connectivity index (χ3v) is 6.48. The van der Waals surface area contributed by atoms with Gasteiger partial charge >= 0.3 is 0 Å². The van der Waals surface area contributed by atoms with Crippen molar-refractivity contribution in [3.63, 3.8) is 0 Å². The van der Waals surface area contributed by atoms with Crippen LogP contribution >= 0.6 is 0 Å². The summed E-state index contributed by atoms with van der Waals surface area (Å²) in [6.45, 7) is 6.76. The molecule has 1 amide bonds. The summed E-state index contributed by atoms with van der Waals surface area (Å²) >= 11 is 0. The fraction of sp³-hybridized carbons (Fsp3) is 0.381. The van der Waals surface area contributed by atoms with Crippen LogP contribution < -0.4 is 20.3 Å². The highest BCUT2D eigenvalue weighted by Crippen LogP contribution is 2.30. The van der Waals surface area contributed by atoms with Gasteiger partial charge in [0.1, 0.15) is 10.7 Å². The Morgan fingerprint density at radius 3 is 2.57 bits per heavy atom. The number of nitrogens with zero attached hydrogens (tertiary/aromatic N) is 1. The van der Waals surface area contributed by atoms with E-state index in [0.717, 1.165) is 25.6 Å². The van der Waals surface area contributed by atoms with Crippen LogP contribution in [0.15, 0.2) is 47.4 Å². The Labute approximate surface area is 176 Å². The van der Waals surface area contributed by atoms with Crippen molar-refractivity contribution in [2.24, 2.45) is 0 Å². The summed E-state index contributed by atoms with van der Waals surface area (Å²) in [7, 11) is -4.17. The minimum atomic E-state index is -4.17. The van der Waals surface area contributed by atoms with Gasteiger partial charge in [-0.05, 0) is 43.7 Å². The zero-order valence-electron chi connectivity index (χ0n) is 17.1. The maximum absolute atomic E-state index is 14.1. The molecule has 1 aliphatic heterocycles. The van der Waals surface area contributed by atoms with Gasteiger partial charge in [0.15, 0.2) is 0 Å². The number of carbonyl (C=O) groups is 1. The van der Waals surface area contributed by atoms with Crippen LogP contribution in [0.25, 0.3) is 0 Å². The molecule has 1 fully saturated rings. The van der Waals surface area contributed by atoms with E-state index in [0.29, 0.717) is 24.3 Å². The molecule has 1 aliphatic rings. The first kappa shape index (κ1) is 22.0. The largest absolute Gasteiger partial charge is 0.367 e. The van der Waals surface area contributed by atoms with Crippen LogP contribution in [-0.2, 0) is 10.0 Å². The number of anilines is 2. The lowest BCUT2D eigenvalue weighted by Crippen LogP contribution is -2.43. The number of hydrogen-bond acceptors (Lipinski definition) is 5. The summed E-state index contributed by atoms with van der Waals surface area (Å²) < 4.78 is 42.4. The number of rotatable bonds is 7. The first-order valence-electron chi connectivity index (χ1n) is 9.99. The van der Waals surface area contributed by atoms with E-state index in [1.165, 1.54) is 24.3 Å². The molecule has 0 aromatic heterocycles. The predicted molar refractivity (Wildman–Crippen MR) is 116 cm³/mol. The average molecular weight is 435 g/mol. The van der Waals surface area contributed by atoms with Crippen molar-refractivity contribution >= 4 is 27.3 Å². The maximum atomic E-state index is 14.1. The molecule has 162 valence electrons. The molecule has 0 bridgehead atoms. The monoisotopic (exact) mass is 434 g/mol. The van der Waals surface area contributed by atoms with Gasteiger partial charge in [-0.15, -0.1) is 0 Å². The topological polar surface area (TPSA) is 90.5 Å². The molecule has 7 nitrogen and oxygen atoms in total.